The van der Waals surface area contributed by atoms with Crippen LogP contribution in [0.2, 0.25) is 0 Å². The monoisotopic (exact) mass is 263 g/mol. The Morgan fingerprint density at radius 1 is 1.47 bits per heavy atom. The fourth-order valence-electron chi connectivity index (χ4n) is 1.66. The Hall–Kier alpha value is -2.28. The summed E-state index contributed by atoms with van der Waals surface area (Å²) in [5.74, 6) is 0.740. The Morgan fingerprint density at radius 3 is 2.95 bits per heavy atom. The predicted octanol–water partition coefficient (Wildman–Crippen LogP) is 1.88. The number of hydrogen-bond donors (Lipinski definition) is 1. The van der Waals surface area contributed by atoms with Gasteiger partial charge in [-0.2, -0.15) is 4.98 Å². The Labute approximate surface area is 109 Å². The van der Waals surface area contributed by atoms with Crippen LogP contribution in [0.25, 0.3) is 11.4 Å². The van der Waals surface area contributed by atoms with Crippen molar-refractivity contribution < 1.29 is 14.6 Å². The van der Waals surface area contributed by atoms with Gasteiger partial charge >= 0.3 is 0 Å². The van der Waals surface area contributed by atoms with Crippen LogP contribution in [-0.2, 0) is 6.42 Å². The fraction of sp³-hybridized carbons (Fsp3) is 0.333. The molecule has 0 bridgehead atoms. The molecule has 2 rings (SSSR count). The Kier molecular flexibility index (Phi) is 3.86. The number of aryl methyl sites for hydroxylation is 2. The number of nitro groups is 1. The van der Waals surface area contributed by atoms with Crippen LogP contribution < -0.4 is 0 Å². The van der Waals surface area contributed by atoms with Gasteiger partial charge in [0.1, 0.15) is 0 Å². The zero-order valence-electron chi connectivity index (χ0n) is 10.4. The second-order valence-corrected chi connectivity index (χ2v) is 4.10. The van der Waals surface area contributed by atoms with Crippen LogP contribution in [0.1, 0.15) is 17.9 Å². The standard InChI is InChI=1S/C12H13N3O4/c1-8-4-5-9(15(17)18)7-10(8)12-13-11(19-14-12)3-2-6-16/h4-5,7,16H,2-3,6H2,1H3. The molecule has 0 aliphatic rings. The van der Waals surface area contributed by atoms with Gasteiger partial charge in [-0.25, -0.2) is 0 Å². The first-order chi connectivity index (χ1) is 9.11. The lowest BCUT2D eigenvalue weighted by Gasteiger charge is -2.00. The smallest absolute Gasteiger partial charge is 0.270 e. The molecule has 0 saturated heterocycles. The molecule has 100 valence electrons. The van der Waals surface area contributed by atoms with Crippen LogP contribution in [0.5, 0.6) is 0 Å². The van der Waals surface area contributed by atoms with E-state index in [9.17, 15) is 10.1 Å². The highest BCUT2D eigenvalue weighted by Crippen LogP contribution is 2.25. The van der Waals surface area contributed by atoms with E-state index in [1.807, 2.05) is 6.92 Å². The summed E-state index contributed by atoms with van der Waals surface area (Å²) in [6, 6.07) is 4.51. The first kappa shape index (κ1) is 13.2. The van der Waals surface area contributed by atoms with E-state index in [4.69, 9.17) is 9.63 Å². The molecule has 0 aliphatic carbocycles. The number of hydrogen-bond acceptors (Lipinski definition) is 6. The number of nitro benzene ring substituents is 1. The summed E-state index contributed by atoms with van der Waals surface area (Å²) in [4.78, 5) is 14.5. The molecule has 7 nitrogen and oxygen atoms in total. The van der Waals surface area contributed by atoms with Gasteiger partial charge in [0.2, 0.25) is 11.7 Å². The highest BCUT2D eigenvalue weighted by molar-refractivity contribution is 5.63. The largest absolute Gasteiger partial charge is 0.396 e. The lowest BCUT2D eigenvalue weighted by atomic mass is 10.1. The third-order valence-corrected chi connectivity index (χ3v) is 2.69. The molecule has 7 heteroatoms. The average Bonchev–Trinajstić information content (AvgIpc) is 2.85. The molecule has 1 aromatic heterocycles. The number of aliphatic hydroxyl groups excluding tert-OH is 1. The number of rotatable bonds is 5. The van der Waals surface area contributed by atoms with Crippen molar-refractivity contribution in [3.05, 3.63) is 39.8 Å². The number of benzene rings is 1. The normalized spacial score (nSPS) is 10.6. The Bertz CT molecular complexity index is 594. The molecular formula is C12H13N3O4. The highest BCUT2D eigenvalue weighted by atomic mass is 16.6. The molecule has 1 N–H and O–H groups in total. The zero-order chi connectivity index (χ0) is 13.8. The minimum absolute atomic E-state index is 0.0118. The van der Waals surface area contributed by atoms with Crippen molar-refractivity contribution in [3.8, 4) is 11.4 Å². The Balaban J connectivity index is 2.32. The molecule has 0 amide bonds. The van der Waals surface area contributed by atoms with E-state index in [2.05, 4.69) is 10.1 Å². The summed E-state index contributed by atoms with van der Waals surface area (Å²) < 4.78 is 5.03. The van der Waals surface area contributed by atoms with Gasteiger partial charge in [-0.3, -0.25) is 10.1 Å². The first-order valence-corrected chi connectivity index (χ1v) is 5.80. The number of aliphatic hydroxyl groups is 1. The number of non-ortho nitro benzene ring substituents is 1. The van der Waals surface area contributed by atoms with E-state index >= 15 is 0 Å². The van der Waals surface area contributed by atoms with Gasteiger partial charge in [-0.1, -0.05) is 11.2 Å². The van der Waals surface area contributed by atoms with E-state index in [-0.39, 0.29) is 12.3 Å². The average molecular weight is 263 g/mol. The summed E-state index contributed by atoms with van der Waals surface area (Å²) in [6.45, 7) is 1.87. The van der Waals surface area contributed by atoms with Crippen molar-refractivity contribution in [1.82, 2.24) is 10.1 Å². The van der Waals surface area contributed by atoms with Crippen molar-refractivity contribution in [2.24, 2.45) is 0 Å². The van der Waals surface area contributed by atoms with Gasteiger partial charge in [-0.05, 0) is 18.9 Å². The third-order valence-electron chi connectivity index (χ3n) is 2.69. The minimum Gasteiger partial charge on any atom is -0.396 e. The zero-order valence-corrected chi connectivity index (χ0v) is 10.4. The SMILES string of the molecule is Cc1ccc([N+](=O)[O-])cc1-c1noc(CCCO)n1. The van der Waals surface area contributed by atoms with Gasteiger partial charge in [-0.15, -0.1) is 0 Å². The molecule has 0 spiro atoms. The summed E-state index contributed by atoms with van der Waals surface area (Å²) in [5, 5.41) is 23.3. The molecule has 2 aromatic rings. The Morgan fingerprint density at radius 2 is 2.26 bits per heavy atom. The van der Waals surface area contributed by atoms with Crippen molar-refractivity contribution in [2.75, 3.05) is 6.61 Å². The quantitative estimate of drug-likeness (QED) is 0.652. The maximum absolute atomic E-state index is 10.8. The molecule has 0 saturated carbocycles. The maximum atomic E-state index is 10.8. The molecule has 0 aliphatic heterocycles. The van der Waals surface area contributed by atoms with E-state index in [1.54, 1.807) is 6.07 Å². The molecule has 19 heavy (non-hydrogen) atoms. The van der Waals surface area contributed by atoms with E-state index in [0.29, 0.717) is 30.1 Å². The maximum Gasteiger partial charge on any atom is 0.270 e. The van der Waals surface area contributed by atoms with E-state index in [0.717, 1.165) is 5.56 Å². The molecule has 0 unspecified atom stereocenters. The van der Waals surface area contributed by atoms with Crippen molar-refractivity contribution in [2.45, 2.75) is 19.8 Å². The van der Waals surface area contributed by atoms with Gasteiger partial charge in [0.05, 0.1) is 4.92 Å². The van der Waals surface area contributed by atoms with Crippen molar-refractivity contribution in [3.63, 3.8) is 0 Å². The minimum atomic E-state index is -0.463. The van der Waals surface area contributed by atoms with Gasteiger partial charge in [0.15, 0.2) is 0 Å². The van der Waals surface area contributed by atoms with Crippen LogP contribution >= 0.6 is 0 Å². The summed E-state index contributed by atoms with van der Waals surface area (Å²) in [7, 11) is 0. The highest BCUT2D eigenvalue weighted by Gasteiger charge is 2.15. The topological polar surface area (TPSA) is 102 Å². The molecule has 0 fully saturated rings. The van der Waals surface area contributed by atoms with Crippen LogP contribution in [-0.4, -0.2) is 26.8 Å². The van der Waals surface area contributed by atoms with Crippen LogP contribution in [0.4, 0.5) is 5.69 Å². The predicted molar refractivity (Wildman–Crippen MR) is 66.5 cm³/mol. The molecule has 1 heterocycles. The lowest BCUT2D eigenvalue weighted by molar-refractivity contribution is -0.384. The van der Waals surface area contributed by atoms with E-state index < -0.39 is 4.92 Å². The van der Waals surface area contributed by atoms with Crippen molar-refractivity contribution >= 4 is 5.69 Å². The fourth-order valence-corrected chi connectivity index (χ4v) is 1.66. The lowest BCUT2D eigenvalue weighted by Crippen LogP contribution is -1.92. The molecular weight excluding hydrogens is 250 g/mol. The van der Waals surface area contributed by atoms with Crippen LogP contribution in [0, 0.1) is 17.0 Å². The number of nitrogens with zero attached hydrogens (tertiary/aromatic N) is 3. The van der Waals surface area contributed by atoms with Gasteiger partial charge in [0, 0.05) is 30.7 Å². The second kappa shape index (κ2) is 5.57. The molecule has 0 radical (unpaired) electrons. The number of aromatic nitrogens is 2. The third kappa shape index (κ3) is 2.94. The van der Waals surface area contributed by atoms with Crippen LogP contribution in [0.15, 0.2) is 22.7 Å². The van der Waals surface area contributed by atoms with Gasteiger partial charge < -0.3 is 9.63 Å². The summed E-state index contributed by atoms with van der Waals surface area (Å²) >= 11 is 0. The van der Waals surface area contributed by atoms with Crippen molar-refractivity contribution in [1.29, 1.82) is 0 Å². The second-order valence-electron chi connectivity index (χ2n) is 4.10. The van der Waals surface area contributed by atoms with Crippen LogP contribution in [0.3, 0.4) is 0 Å². The molecule has 0 atom stereocenters. The summed E-state index contributed by atoms with van der Waals surface area (Å²) in [5.41, 5.74) is 1.40. The summed E-state index contributed by atoms with van der Waals surface area (Å²) in [6.07, 6.45) is 1.02. The first-order valence-electron chi connectivity index (χ1n) is 5.80. The molecule has 1 aromatic carbocycles. The van der Waals surface area contributed by atoms with E-state index in [1.165, 1.54) is 12.1 Å². The van der Waals surface area contributed by atoms with Gasteiger partial charge in [0.25, 0.3) is 5.69 Å².